The van der Waals surface area contributed by atoms with E-state index in [1.54, 1.807) is 19.2 Å². The quantitative estimate of drug-likeness (QED) is 0.447. The van der Waals surface area contributed by atoms with Crippen LogP contribution >= 0.6 is 0 Å². The Labute approximate surface area is 196 Å². The number of carbonyl (C=O) groups is 1. The monoisotopic (exact) mass is 474 g/mol. The van der Waals surface area contributed by atoms with Crippen molar-refractivity contribution in [3.05, 3.63) is 48.0 Å². The summed E-state index contributed by atoms with van der Waals surface area (Å²) >= 11 is 0. The minimum Gasteiger partial charge on any atom is -0.406 e. The molecule has 1 aliphatic carbocycles. The van der Waals surface area contributed by atoms with E-state index in [0.717, 1.165) is 24.8 Å². The van der Waals surface area contributed by atoms with Crippen molar-refractivity contribution < 1.29 is 22.7 Å². The van der Waals surface area contributed by atoms with E-state index in [1.165, 1.54) is 24.3 Å². The molecule has 1 amide bonds. The van der Waals surface area contributed by atoms with Gasteiger partial charge in [-0.3, -0.25) is 4.79 Å². The van der Waals surface area contributed by atoms with Gasteiger partial charge in [-0.15, -0.1) is 13.2 Å². The predicted octanol–water partition coefficient (Wildman–Crippen LogP) is 6.43. The SMILES string of the molecule is CNC(=O)c1ccc2c(c1)nc(Nc1ccc(OC(F)(F)F)cc1)n2[C@H]1C[C@@H](C)CC(C)(C)C1. The second-order valence-electron chi connectivity index (χ2n) is 9.85. The summed E-state index contributed by atoms with van der Waals surface area (Å²) in [5, 5.41) is 5.90. The number of fused-ring (bicyclic) bond motifs is 1. The lowest BCUT2D eigenvalue weighted by Crippen LogP contribution is -2.29. The number of carbonyl (C=O) groups excluding carboxylic acids is 1. The van der Waals surface area contributed by atoms with Gasteiger partial charge in [0.25, 0.3) is 5.91 Å². The lowest BCUT2D eigenvalue weighted by atomic mass is 9.70. The van der Waals surface area contributed by atoms with Crippen LogP contribution in [0.5, 0.6) is 5.75 Å². The van der Waals surface area contributed by atoms with Gasteiger partial charge in [0.2, 0.25) is 5.95 Å². The molecule has 2 N–H and O–H groups in total. The summed E-state index contributed by atoms with van der Waals surface area (Å²) in [6.45, 7) is 6.79. The van der Waals surface area contributed by atoms with Crippen LogP contribution in [0, 0.1) is 11.3 Å². The van der Waals surface area contributed by atoms with Crippen molar-refractivity contribution in [2.75, 3.05) is 12.4 Å². The number of amides is 1. The summed E-state index contributed by atoms with van der Waals surface area (Å²) in [6, 6.07) is 11.2. The molecule has 1 aliphatic rings. The van der Waals surface area contributed by atoms with Crippen LogP contribution in [-0.4, -0.2) is 28.9 Å². The number of alkyl halides is 3. The van der Waals surface area contributed by atoms with Crippen molar-refractivity contribution in [2.24, 2.45) is 11.3 Å². The number of hydrogen-bond donors (Lipinski definition) is 2. The zero-order chi connectivity index (χ0) is 24.7. The summed E-state index contributed by atoms with van der Waals surface area (Å²) in [7, 11) is 1.58. The predicted molar refractivity (Wildman–Crippen MR) is 125 cm³/mol. The van der Waals surface area contributed by atoms with E-state index in [1.807, 2.05) is 6.07 Å². The smallest absolute Gasteiger partial charge is 0.406 e. The minimum absolute atomic E-state index is 0.162. The standard InChI is InChI=1S/C25H29F3N4O2/c1-15-11-18(14-24(2,3)13-15)32-21-10-5-16(22(33)29-4)12-20(21)31-23(32)30-17-6-8-19(9-7-17)34-25(26,27)28/h5-10,12,15,18H,11,13-14H2,1-4H3,(H,29,33)(H,30,31)/t15-,18+/m1/s1. The molecule has 0 bridgehead atoms. The average molecular weight is 475 g/mol. The first-order valence-corrected chi connectivity index (χ1v) is 11.3. The molecule has 34 heavy (non-hydrogen) atoms. The van der Waals surface area contributed by atoms with Crippen LogP contribution in [0.4, 0.5) is 24.8 Å². The van der Waals surface area contributed by atoms with Crippen LogP contribution in [0.3, 0.4) is 0 Å². The van der Waals surface area contributed by atoms with Gasteiger partial charge in [-0.2, -0.15) is 0 Å². The van der Waals surface area contributed by atoms with Crippen molar-refractivity contribution in [2.45, 2.75) is 52.4 Å². The van der Waals surface area contributed by atoms with Crippen molar-refractivity contribution >= 4 is 28.6 Å². The molecule has 0 spiro atoms. The molecule has 6 nitrogen and oxygen atoms in total. The molecule has 0 saturated heterocycles. The van der Waals surface area contributed by atoms with Gasteiger partial charge in [-0.1, -0.05) is 20.8 Å². The maximum Gasteiger partial charge on any atom is 0.573 e. The molecular weight excluding hydrogens is 445 g/mol. The molecule has 4 rings (SSSR count). The molecule has 2 atom stereocenters. The normalized spacial score (nSPS) is 20.2. The summed E-state index contributed by atoms with van der Waals surface area (Å²) in [5.41, 5.74) is 2.84. The highest BCUT2D eigenvalue weighted by Gasteiger charge is 2.35. The van der Waals surface area contributed by atoms with Crippen molar-refractivity contribution in [3.8, 4) is 5.75 Å². The second-order valence-corrected chi connectivity index (χ2v) is 9.85. The second kappa shape index (κ2) is 8.85. The van der Waals surface area contributed by atoms with Gasteiger partial charge in [0.15, 0.2) is 0 Å². The van der Waals surface area contributed by atoms with Gasteiger partial charge >= 0.3 is 6.36 Å². The third kappa shape index (κ3) is 5.29. The lowest BCUT2D eigenvalue weighted by molar-refractivity contribution is -0.274. The van der Waals surface area contributed by atoms with Crippen molar-refractivity contribution in [3.63, 3.8) is 0 Å². The number of nitrogens with one attached hydrogen (secondary N) is 2. The first kappa shape index (κ1) is 23.9. The maximum absolute atomic E-state index is 12.5. The van der Waals surface area contributed by atoms with Crippen LogP contribution in [-0.2, 0) is 0 Å². The topological polar surface area (TPSA) is 68.2 Å². The fourth-order valence-electron chi connectivity index (χ4n) is 5.20. The number of aromatic nitrogens is 2. The summed E-state index contributed by atoms with van der Waals surface area (Å²) in [6.07, 6.45) is -1.65. The fourth-order valence-corrected chi connectivity index (χ4v) is 5.20. The average Bonchev–Trinajstić information content (AvgIpc) is 3.09. The molecule has 1 heterocycles. The number of hydrogen-bond acceptors (Lipinski definition) is 4. The lowest BCUT2D eigenvalue weighted by Gasteiger charge is -2.40. The van der Waals surface area contributed by atoms with Crippen LogP contribution < -0.4 is 15.4 Å². The first-order valence-electron chi connectivity index (χ1n) is 11.3. The van der Waals surface area contributed by atoms with Gasteiger partial charge in [-0.05, 0) is 73.1 Å². The Balaban J connectivity index is 1.73. The Kier molecular flexibility index (Phi) is 6.22. The summed E-state index contributed by atoms with van der Waals surface area (Å²) in [5.74, 6) is 0.634. The highest BCUT2D eigenvalue weighted by molar-refractivity contribution is 5.97. The Bertz CT molecular complexity index is 1190. The number of halogens is 3. The molecule has 2 aromatic carbocycles. The molecule has 0 aliphatic heterocycles. The number of rotatable bonds is 5. The Hall–Kier alpha value is -3.23. The molecule has 0 radical (unpaired) electrons. The summed E-state index contributed by atoms with van der Waals surface area (Å²) in [4.78, 5) is 16.9. The van der Waals surface area contributed by atoms with E-state index in [2.05, 4.69) is 40.7 Å². The number of benzene rings is 2. The van der Waals surface area contributed by atoms with Crippen LogP contribution in [0.1, 0.15) is 56.4 Å². The third-order valence-corrected chi connectivity index (χ3v) is 6.25. The van der Waals surface area contributed by atoms with Gasteiger partial charge < -0.3 is 19.9 Å². The first-order chi connectivity index (χ1) is 15.9. The molecule has 1 saturated carbocycles. The van der Waals surface area contributed by atoms with E-state index in [0.29, 0.717) is 28.6 Å². The molecular formula is C25H29F3N4O2. The molecule has 3 aromatic rings. The zero-order valence-corrected chi connectivity index (χ0v) is 19.7. The number of anilines is 2. The highest BCUT2D eigenvalue weighted by Crippen LogP contribution is 2.46. The Morgan fingerprint density at radius 3 is 2.47 bits per heavy atom. The maximum atomic E-state index is 12.5. The number of nitrogens with zero attached hydrogens (tertiary/aromatic N) is 2. The molecule has 1 aromatic heterocycles. The van der Waals surface area contributed by atoms with Crippen LogP contribution in [0.2, 0.25) is 0 Å². The third-order valence-electron chi connectivity index (χ3n) is 6.25. The van der Waals surface area contributed by atoms with E-state index in [4.69, 9.17) is 4.98 Å². The van der Waals surface area contributed by atoms with Gasteiger partial charge in [0.05, 0.1) is 11.0 Å². The van der Waals surface area contributed by atoms with Gasteiger partial charge in [0, 0.05) is 24.3 Å². The van der Waals surface area contributed by atoms with E-state index >= 15 is 0 Å². The van der Waals surface area contributed by atoms with Crippen molar-refractivity contribution in [1.29, 1.82) is 0 Å². The van der Waals surface area contributed by atoms with E-state index < -0.39 is 6.36 Å². The van der Waals surface area contributed by atoms with Gasteiger partial charge in [-0.25, -0.2) is 4.98 Å². The number of ether oxygens (including phenoxy) is 1. The Morgan fingerprint density at radius 2 is 1.85 bits per heavy atom. The fraction of sp³-hybridized carbons (Fsp3) is 0.440. The number of imidazole rings is 1. The van der Waals surface area contributed by atoms with E-state index in [9.17, 15) is 18.0 Å². The van der Waals surface area contributed by atoms with Crippen LogP contribution in [0.25, 0.3) is 11.0 Å². The van der Waals surface area contributed by atoms with Crippen LogP contribution in [0.15, 0.2) is 42.5 Å². The van der Waals surface area contributed by atoms with E-state index in [-0.39, 0.29) is 23.1 Å². The minimum atomic E-state index is -4.74. The molecule has 1 fully saturated rings. The van der Waals surface area contributed by atoms with Crippen molar-refractivity contribution in [1.82, 2.24) is 14.9 Å². The Morgan fingerprint density at radius 1 is 1.15 bits per heavy atom. The highest BCUT2D eigenvalue weighted by atomic mass is 19.4. The molecule has 9 heteroatoms. The molecule has 0 unspecified atom stereocenters. The van der Waals surface area contributed by atoms with Gasteiger partial charge in [0.1, 0.15) is 5.75 Å². The zero-order valence-electron chi connectivity index (χ0n) is 19.7. The largest absolute Gasteiger partial charge is 0.573 e. The summed E-state index contributed by atoms with van der Waals surface area (Å²) < 4.78 is 43.6. The molecule has 182 valence electrons.